The van der Waals surface area contributed by atoms with Crippen molar-refractivity contribution in [2.75, 3.05) is 25.5 Å². The molecule has 0 bridgehead atoms. The maximum atomic E-state index is 11.1. The van der Waals surface area contributed by atoms with Gasteiger partial charge in [-0.15, -0.1) is 0 Å². The molecule has 9 heteroatoms. The van der Waals surface area contributed by atoms with Gasteiger partial charge >= 0.3 is 11.7 Å². The van der Waals surface area contributed by atoms with Crippen molar-refractivity contribution in [3.63, 3.8) is 0 Å². The Labute approximate surface area is 114 Å². The summed E-state index contributed by atoms with van der Waals surface area (Å²) in [4.78, 5) is 37.4. The first-order chi connectivity index (χ1) is 9.36. The highest BCUT2D eigenvalue weighted by molar-refractivity contribution is 5.93. The molecule has 0 atom stereocenters. The molecule has 0 aliphatic rings. The molecule has 0 saturated heterocycles. The van der Waals surface area contributed by atoms with Gasteiger partial charge in [-0.1, -0.05) is 0 Å². The lowest BCUT2D eigenvalue weighted by Gasteiger charge is -2.17. The van der Waals surface area contributed by atoms with Gasteiger partial charge in [0.05, 0.1) is 4.92 Å². The van der Waals surface area contributed by atoms with E-state index in [1.807, 2.05) is 0 Å². The summed E-state index contributed by atoms with van der Waals surface area (Å²) >= 11 is 0. The molecule has 1 heterocycles. The van der Waals surface area contributed by atoms with Crippen LogP contribution in [0.15, 0.2) is 12.3 Å². The van der Waals surface area contributed by atoms with Gasteiger partial charge in [-0.3, -0.25) is 14.9 Å². The highest BCUT2D eigenvalue weighted by atomic mass is 16.6. The second kappa shape index (κ2) is 6.45. The molecule has 108 valence electrons. The molecule has 1 aromatic heterocycles. The van der Waals surface area contributed by atoms with E-state index in [2.05, 4.69) is 10.3 Å². The van der Waals surface area contributed by atoms with E-state index >= 15 is 0 Å². The number of aromatic nitrogens is 1. The van der Waals surface area contributed by atoms with Gasteiger partial charge < -0.3 is 15.3 Å². The standard InChI is InChI=1S/C11H14N4O5/c1-12-10(16)3-4-14(2)9-5-7(11(17)18)8(6-13-9)15(19)20/h5-6H,3-4H2,1-2H3,(H,12,16)(H,17,18). The van der Waals surface area contributed by atoms with Crippen LogP contribution in [0.25, 0.3) is 0 Å². The number of rotatable bonds is 6. The van der Waals surface area contributed by atoms with Crippen molar-refractivity contribution < 1.29 is 19.6 Å². The lowest BCUT2D eigenvalue weighted by atomic mass is 10.2. The zero-order valence-electron chi connectivity index (χ0n) is 11.0. The summed E-state index contributed by atoms with van der Waals surface area (Å²) in [6.07, 6.45) is 1.10. The Balaban J connectivity index is 2.97. The molecule has 0 aliphatic heterocycles. The van der Waals surface area contributed by atoms with Crippen LogP contribution in [0.1, 0.15) is 16.8 Å². The number of anilines is 1. The Morgan fingerprint density at radius 1 is 1.55 bits per heavy atom. The zero-order valence-corrected chi connectivity index (χ0v) is 11.0. The number of amides is 1. The number of nitrogens with zero attached hydrogens (tertiary/aromatic N) is 3. The molecule has 1 amide bonds. The maximum absolute atomic E-state index is 11.1. The van der Waals surface area contributed by atoms with Crippen molar-refractivity contribution in [1.82, 2.24) is 10.3 Å². The molecule has 0 saturated carbocycles. The van der Waals surface area contributed by atoms with Crippen LogP contribution in [0.4, 0.5) is 11.5 Å². The summed E-state index contributed by atoms with van der Waals surface area (Å²) in [5, 5.41) is 22.1. The van der Waals surface area contributed by atoms with Crippen LogP contribution in [-0.2, 0) is 4.79 Å². The minimum Gasteiger partial charge on any atom is -0.477 e. The van der Waals surface area contributed by atoms with Crippen molar-refractivity contribution in [2.24, 2.45) is 0 Å². The van der Waals surface area contributed by atoms with Gasteiger partial charge in [-0.2, -0.15) is 0 Å². The zero-order chi connectivity index (χ0) is 15.3. The summed E-state index contributed by atoms with van der Waals surface area (Å²) < 4.78 is 0. The monoisotopic (exact) mass is 282 g/mol. The van der Waals surface area contributed by atoms with Crippen molar-refractivity contribution in [3.05, 3.63) is 27.9 Å². The number of carboxylic acid groups (broad SMARTS) is 1. The van der Waals surface area contributed by atoms with Crippen LogP contribution in [0.5, 0.6) is 0 Å². The van der Waals surface area contributed by atoms with Gasteiger partial charge in [0.15, 0.2) is 0 Å². The Morgan fingerprint density at radius 2 is 2.20 bits per heavy atom. The van der Waals surface area contributed by atoms with E-state index < -0.39 is 22.1 Å². The van der Waals surface area contributed by atoms with Crippen molar-refractivity contribution in [2.45, 2.75) is 6.42 Å². The smallest absolute Gasteiger partial charge is 0.342 e. The average Bonchev–Trinajstić information content (AvgIpc) is 2.43. The third kappa shape index (κ3) is 3.64. The normalized spacial score (nSPS) is 9.90. The highest BCUT2D eigenvalue weighted by Crippen LogP contribution is 2.21. The molecule has 0 radical (unpaired) electrons. The first-order valence-corrected chi connectivity index (χ1v) is 5.66. The molecular formula is C11H14N4O5. The Kier molecular flexibility index (Phi) is 4.95. The van der Waals surface area contributed by atoms with Gasteiger partial charge in [0, 0.05) is 33.1 Å². The van der Waals surface area contributed by atoms with Gasteiger partial charge in [0.25, 0.3) is 0 Å². The minimum absolute atomic E-state index is 0.169. The third-order valence-corrected chi connectivity index (χ3v) is 2.64. The van der Waals surface area contributed by atoms with Crippen LogP contribution in [0.2, 0.25) is 0 Å². The van der Waals surface area contributed by atoms with E-state index in [-0.39, 0.29) is 18.1 Å². The number of hydrogen-bond donors (Lipinski definition) is 2. The van der Waals surface area contributed by atoms with Crippen LogP contribution in [0, 0.1) is 10.1 Å². The predicted octanol–water partition coefficient (Wildman–Crippen LogP) is 0.260. The number of nitro groups is 1. The van der Waals surface area contributed by atoms with Gasteiger partial charge in [0.2, 0.25) is 5.91 Å². The molecular weight excluding hydrogens is 268 g/mol. The number of pyridine rings is 1. The molecule has 20 heavy (non-hydrogen) atoms. The van der Waals surface area contributed by atoms with Crippen LogP contribution in [-0.4, -0.2) is 47.5 Å². The fourth-order valence-electron chi connectivity index (χ4n) is 1.47. The first kappa shape index (κ1) is 15.3. The van der Waals surface area contributed by atoms with Crippen LogP contribution >= 0.6 is 0 Å². The fourth-order valence-corrected chi connectivity index (χ4v) is 1.47. The summed E-state index contributed by atoms with van der Waals surface area (Å²) in [5.41, 5.74) is -1.01. The molecule has 9 nitrogen and oxygen atoms in total. The topological polar surface area (TPSA) is 126 Å². The minimum atomic E-state index is -1.40. The fraction of sp³-hybridized carbons (Fsp3) is 0.364. The van der Waals surface area contributed by atoms with Crippen LogP contribution < -0.4 is 10.2 Å². The number of hydrogen-bond acceptors (Lipinski definition) is 6. The molecule has 2 N–H and O–H groups in total. The molecule has 0 aliphatic carbocycles. The summed E-state index contributed by atoms with van der Waals surface area (Å²) in [6.45, 7) is 0.309. The summed E-state index contributed by atoms with van der Waals surface area (Å²) in [5.74, 6) is -1.32. The predicted molar refractivity (Wildman–Crippen MR) is 69.8 cm³/mol. The largest absolute Gasteiger partial charge is 0.477 e. The molecule has 0 aromatic carbocycles. The lowest BCUT2D eigenvalue weighted by molar-refractivity contribution is -0.385. The lowest BCUT2D eigenvalue weighted by Crippen LogP contribution is -2.27. The number of carbonyl (C=O) groups excluding carboxylic acids is 1. The molecule has 0 unspecified atom stereocenters. The van der Waals surface area contributed by atoms with E-state index in [0.717, 1.165) is 12.3 Å². The summed E-state index contributed by atoms with van der Waals surface area (Å²) in [7, 11) is 3.12. The third-order valence-electron chi connectivity index (χ3n) is 2.64. The van der Waals surface area contributed by atoms with Gasteiger partial charge in [0.1, 0.15) is 17.6 Å². The van der Waals surface area contributed by atoms with Gasteiger partial charge in [-0.25, -0.2) is 9.78 Å². The van der Waals surface area contributed by atoms with E-state index in [1.165, 1.54) is 7.05 Å². The number of carbonyl (C=O) groups is 2. The molecule has 1 aromatic rings. The van der Waals surface area contributed by atoms with E-state index in [1.54, 1.807) is 11.9 Å². The Hall–Kier alpha value is -2.71. The second-order valence-electron chi connectivity index (χ2n) is 3.97. The van der Waals surface area contributed by atoms with Crippen molar-refractivity contribution in [3.8, 4) is 0 Å². The maximum Gasteiger partial charge on any atom is 0.342 e. The van der Waals surface area contributed by atoms with Crippen molar-refractivity contribution in [1.29, 1.82) is 0 Å². The van der Waals surface area contributed by atoms with E-state index in [0.29, 0.717) is 6.54 Å². The number of nitrogens with one attached hydrogen (secondary N) is 1. The SMILES string of the molecule is CNC(=O)CCN(C)c1cc(C(=O)O)c([N+](=O)[O-])cn1. The molecule has 0 spiro atoms. The van der Waals surface area contributed by atoms with E-state index in [9.17, 15) is 19.7 Å². The van der Waals surface area contributed by atoms with Crippen molar-refractivity contribution >= 4 is 23.4 Å². The first-order valence-electron chi connectivity index (χ1n) is 5.66. The number of aromatic carboxylic acids is 1. The number of carboxylic acids is 1. The molecule has 0 fully saturated rings. The Morgan fingerprint density at radius 3 is 2.70 bits per heavy atom. The second-order valence-corrected chi connectivity index (χ2v) is 3.97. The quantitative estimate of drug-likeness (QED) is 0.566. The average molecular weight is 282 g/mol. The highest BCUT2D eigenvalue weighted by Gasteiger charge is 2.22. The van der Waals surface area contributed by atoms with E-state index in [4.69, 9.17) is 5.11 Å². The summed E-state index contributed by atoms with van der Waals surface area (Å²) in [6, 6.07) is 1.12. The van der Waals surface area contributed by atoms with Gasteiger partial charge in [-0.05, 0) is 0 Å². The Bertz CT molecular complexity index is 546. The molecule has 1 rings (SSSR count). The van der Waals surface area contributed by atoms with Crippen LogP contribution in [0.3, 0.4) is 0 Å².